The van der Waals surface area contributed by atoms with E-state index in [4.69, 9.17) is 25.9 Å². The molecule has 2 amide bonds. The fourth-order valence-electron chi connectivity index (χ4n) is 5.65. The van der Waals surface area contributed by atoms with Gasteiger partial charge in [-0.15, -0.1) is 11.3 Å². The van der Waals surface area contributed by atoms with Gasteiger partial charge in [0.2, 0.25) is 5.88 Å². The van der Waals surface area contributed by atoms with Gasteiger partial charge in [-0.05, 0) is 77.7 Å². The summed E-state index contributed by atoms with van der Waals surface area (Å²) in [6.45, 7) is 14.6. The van der Waals surface area contributed by atoms with Crippen molar-refractivity contribution in [3.63, 3.8) is 0 Å². The van der Waals surface area contributed by atoms with E-state index in [1.165, 1.54) is 10.9 Å². The molecular formula is C33H47N9O4S. The summed E-state index contributed by atoms with van der Waals surface area (Å²) < 4.78 is 11.0. The number of hydrogen-bond donors (Lipinski definition) is 3. The second-order valence-corrected chi connectivity index (χ2v) is 14.1. The summed E-state index contributed by atoms with van der Waals surface area (Å²) in [4.78, 5) is 47.2. The van der Waals surface area contributed by atoms with Crippen LogP contribution in [0.4, 0.5) is 16.2 Å². The Morgan fingerprint density at radius 3 is 2.40 bits per heavy atom. The Morgan fingerprint density at radius 2 is 1.74 bits per heavy atom. The number of amides is 2. The van der Waals surface area contributed by atoms with E-state index in [0.717, 1.165) is 68.5 Å². The molecule has 0 radical (unpaired) electrons. The van der Waals surface area contributed by atoms with Crippen molar-refractivity contribution in [2.45, 2.75) is 59.2 Å². The van der Waals surface area contributed by atoms with Gasteiger partial charge < -0.3 is 31.2 Å². The molecule has 0 saturated carbocycles. The molecule has 0 atom stereocenters. The van der Waals surface area contributed by atoms with Crippen LogP contribution in [0, 0.1) is 5.92 Å². The van der Waals surface area contributed by atoms with Crippen LogP contribution in [-0.4, -0.2) is 99.7 Å². The van der Waals surface area contributed by atoms with Crippen molar-refractivity contribution in [3.05, 3.63) is 46.7 Å². The number of nitrogens with one attached hydrogen (secondary N) is 1. The molecule has 2 aliphatic heterocycles. The molecule has 0 aromatic carbocycles. The summed E-state index contributed by atoms with van der Waals surface area (Å²) in [5.74, 6) is 0.255. The van der Waals surface area contributed by atoms with Crippen LogP contribution in [0.1, 0.15) is 61.6 Å². The maximum Gasteiger partial charge on any atom is 0.410 e. The van der Waals surface area contributed by atoms with Crippen molar-refractivity contribution in [1.29, 1.82) is 0 Å². The number of ether oxygens (including phenoxy) is 2. The quantitative estimate of drug-likeness (QED) is 0.288. The van der Waals surface area contributed by atoms with Crippen molar-refractivity contribution in [3.8, 4) is 16.6 Å². The van der Waals surface area contributed by atoms with E-state index in [1.807, 2.05) is 45.9 Å². The van der Waals surface area contributed by atoms with Crippen LogP contribution in [0.15, 0.2) is 30.5 Å². The first-order chi connectivity index (χ1) is 22.5. The molecule has 5 heterocycles. The number of thiazole rings is 1. The fourth-order valence-corrected chi connectivity index (χ4v) is 6.74. The van der Waals surface area contributed by atoms with Crippen LogP contribution in [0.5, 0.6) is 5.88 Å². The van der Waals surface area contributed by atoms with Crippen molar-refractivity contribution in [2.75, 3.05) is 63.9 Å². The lowest BCUT2D eigenvalue weighted by Gasteiger charge is -2.35. The number of pyridine rings is 2. The van der Waals surface area contributed by atoms with E-state index in [9.17, 15) is 9.59 Å². The van der Waals surface area contributed by atoms with Crippen molar-refractivity contribution in [2.24, 2.45) is 5.92 Å². The van der Waals surface area contributed by atoms with Crippen LogP contribution in [-0.2, 0) is 17.8 Å². The number of likely N-dealkylation sites (tertiary alicyclic amines) is 1. The van der Waals surface area contributed by atoms with E-state index in [0.29, 0.717) is 32.2 Å². The summed E-state index contributed by atoms with van der Waals surface area (Å²) in [5, 5.41) is 3.94. The molecule has 14 heteroatoms. The minimum absolute atomic E-state index is 0.183. The monoisotopic (exact) mass is 665 g/mol. The Kier molecular flexibility index (Phi) is 11.1. The number of nitrogen functional groups attached to an aromatic ring is 2. The molecule has 0 unspecified atom stereocenters. The Morgan fingerprint density at radius 1 is 1.02 bits per heavy atom. The van der Waals surface area contributed by atoms with Crippen molar-refractivity contribution >= 4 is 34.7 Å². The number of carbonyl (C=O) groups is 2. The third kappa shape index (κ3) is 9.30. The highest BCUT2D eigenvalue weighted by Gasteiger charge is 2.28. The van der Waals surface area contributed by atoms with Crippen LogP contribution in [0.2, 0.25) is 0 Å². The third-order valence-electron chi connectivity index (χ3n) is 8.25. The fraction of sp³-hybridized carbons (Fsp3) is 0.545. The van der Waals surface area contributed by atoms with Gasteiger partial charge in [0, 0.05) is 56.9 Å². The third-order valence-corrected chi connectivity index (χ3v) is 9.36. The Bertz CT molecular complexity index is 1510. The largest absolute Gasteiger partial charge is 0.476 e. The molecule has 47 heavy (non-hydrogen) atoms. The predicted molar refractivity (Wildman–Crippen MR) is 183 cm³/mol. The minimum atomic E-state index is -0.508. The predicted octanol–water partition coefficient (Wildman–Crippen LogP) is 3.86. The SMILES string of the molecule is CCOc1nc(C(=O)NCC2CCN(Cc3sc(-c4ccccn4)nc3CN3CCN(C(=O)OC(C)(C)C)CC3)CC2)cc(N)c1N. The van der Waals surface area contributed by atoms with Crippen LogP contribution < -0.4 is 21.5 Å². The lowest BCUT2D eigenvalue weighted by Crippen LogP contribution is -2.49. The van der Waals surface area contributed by atoms with E-state index in [-0.39, 0.29) is 34.9 Å². The van der Waals surface area contributed by atoms with Gasteiger partial charge in [-0.3, -0.25) is 19.6 Å². The Labute approximate surface area is 280 Å². The van der Waals surface area contributed by atoms with Gasteiger partial charge in [0.1, 0.15) is 22.0 Å². The van der Waals surface area contributed by atoms with E-state index >= 15 is 0 Å². The van der Waals surface area contributed by atoms with Crippen molar-refractivity contribution < 1.29 is 19.1 Å². The van der Waals surface area contributed by atoms with Crippen LogP contribution in [0.3, 0.4) is 0 Å². The lowest BCUT2D eigenvalue weighted by molar-refractivity contribution is 0.0138. The van der Waals surface area contributed by atoms with Crippen LogP contribution in [0.25, 0.3) is 10.7 Å². The second-order valence-electron chi connectivity index (χ2n) is 13.0. The molecule has 13 nitrogen and oxygen atoms in total. The minimum Gasteiger partial charge on any atom is -0.476 e. The molecule has 2 saturated heterocycles. The maximum atomic E-state index is 12.9. The number of nitrogens with two attached hydrogens (primary N) is 2. The average molecular weight is 666 g/mol. The number of aromatic nitrogens is 3. The molecule has 2 fully saturated rings. The number of piperazine rings is 1. The standard InChI is InChI=1S/C33H47N9O4S/c1-5-45-30-28(35)23(34)18-25(38-30)29(43)37-19-22-9-12-40(13-10-22)21-27-26(39-31(47-27)24-8-6-7-11-36-24)20-41-14-16-42(17-15-41)32(44)46-33(2,3)4/h6-8,11,18,22H,5,9-10,12-17,19-21,35H2,1-4H3,(H2,34,38)(H,37,43). The first-order valence-corrected chi connectivity index (χ1v) is 17.1. The zero-order chi connectivity index (χ0) is 33.6. The first kappa shape index (κ1) is 34.3. The number of carbonyl (C=O) groups excluding carboxylic acids is 2. The van der Waals surface area contributed by atoms with E-state index < -0.39 is 5.60 Å². The van der Waals surface area contributed by atoms with E-state index in [1.54, 1.807) is 22.4 Å². The molecule has 5 N–H and O–H groups in total. The molecule has 254 valence electrons. The molecular weight excluding hydrogens is 618 g/mol. The highest BCUT2D eigenvalue weighted by molar-refractivity contribution is 7.15. The van der Waals surface area contributed by atoms with Gasteiger partial charge in [0.15, 0.2) is 0 Å². The van der Waals surface area contributed by atoms with Gasteiger partial charge in [-0.25, -0.2) is 14.8 Å². The zero-order valence-corrected chi connectivity index (χ0v) is 28.6. The van der Waals surface area contributed by atoms with Crippen LogP contribution >= 0.6 is 11.3 Å². The number of piperidine rings is 1. The zero-order valence-electron chi connectivity index (χ0n) is 27.8. The summed E-state index contributed by atoms with van der Waals surface area (Å²) in [6, 6.07) is 7.38. The molecule has 3 aromatic rings. The highest BCUT2D eigenvalue weighted by Crippen LogP contribution is 2.31. The average Bonchev–Trinajstić information content (AvgIpc) is 3.44. The maximum absolute atomic E-state index is 12.9. The Balaban J connectivity index is 1.16. The summed E-state index contributed by atoms with van der Waals surface area (Å²) in [6.07, 6.45) is 3.48. The molecule has 2 aliphatic rings. The molecule has 0 spiro atoms. The van der Waals surface area contributed by atoms with Gasteiger partial charge >= 0.3 is 6.09 Å². The lowest BCUT2D eigenvalue weighted by atomic mass is 9.96. The highest BCUT2D eigenvalue weighted by atomic mass is 32.1. The number of nitrogens with zero attached hydrogens (tertiary/aromatic N) is 6. The number of anilines is 2. The molecule has 0 aliphatic carbocycles. The number of hydrogen-bond acceptors (Lipinski definition) is 12. The first-order valence-electron chi connectivity index (χ1n) is 16.3. The molecule has 3 aromatic heterocycles. The summed E-state index contributed by atoms with van der Waals surface area (Å²) in [5.41, 5.74) is 14.1. The normalized spacial score (nSPS) is 16.6. The number of rotatable bonds is 10. The smallest absolute Gasteiger partial charge is 0.410 e. The molecule has 0 bridgehead atoms. The van der Waals surface area contributed by atoms with Gasteiger partial charge in [0.05, 0.1) is 23.7 Å². The van der Waals surface area contributed by atoms with E-state index in [2.05, 4.69) is 25.1 Å². The summed E-state index contributed by atoms with van der Waals surface area (Å²) >= 11 is 1.71. The molecule has 5 rings (SSSR count). The van der Waals surface area contributed by atoms with Gasteiger partial charge in [-0.1, -0.05) is 6.07 Å². The van der Waals surface area contributed by atoms with Gasteiger partial charge in [0.25, 0.3) is 5.91 Å². The van der Waals surface area contributed by atoms with Crippen molar-refractivity contribution in [1.82, 2.24) is 35.0 Å². The summed E-state index contributed by atoms with van der Waals surface area (Å²) in [7, 11) is 0. The van der Waals surface area contributed by atoms with Gasteiger partial charge in [-0.2, -0.15) is 0 Å². The topological polar surface area (TPSA) is 165 Å². The second kappa shape index (κ2) is 15.3. The Hall–Kier alpha value is -4.01.